The molecule has 0 bridgehead atoms. The second-order valence-electron chi connectivity index (χ2n) is 6.75. The predicted molar refractivity (Wildman–Crippen MR) is 102 cm³/mol. The van der Waals surface area contributed by atoms with E-state index in [-0.39, 0.29) is 10.6 Å². The average molecular weight is 422 g/mol. The molecule has 3 aromatic heterocycles. The maximum atomic E-state index is 12.7. The van der Waals surface area contributed by atoms with Gasteiger partial charge in [0.15, 0.2) is 17.1 Å². The lowest BCUT2D eigenvalue weighted by molar-refractivity contribution is -0.154. The van der Waals surface area contributed by atoms with Gasteiger partial charge in [0.05, 0.1) is 23.2 Å². The summed E-state index contributed by atoms with van der Waals surface area (Å²) in [5, 5.41) is 18.6. The number of hydrogen-bond donors (Lipinski definition) is 1. The van der Waals surface area contributed by atoms with Gasteiger partial charge in [-0.1, -0.05) is 17.7 Å². The molecule has 1 unspecified atom stereocenters. The van der Waals surface area contributed by atoms with Gasteiger partial charge in [-0.2, -0.15) is 13.2 Å². The standard InChI is InChI=1S/C19H15ClF3N5O/c1-9-3-6-14-18(24-9)28-16(10(2)25-14)26-27-17(28)12-7-11(4-5-13(12)20)15(29)8-19(21,22)23/h3-7,15,29H,8H2,1-2H3. The zero-order valence-corrected chi connectivity index (χ0v) is 16.1. The van der Waals surface area contributed by atoms with Gasteiger partial charge < -0.3 is 5.11 Å². The van der Waals surface area contributed by atoms with Crippen molar-refractivity contribution in [1.29, 1.82) is 0 Å². The second kappa shape index (κ2) is 6.93. The molecule has 0 amide bonds. The minimum atomic E-state index is -4.50. The summed E-state index contributed by atoms with van der Waals surface area (Å²) in [6.45, 7) is 3.61. The lowest BCUT2D eigenvalue weighted by atomic mass is 10.0. The lowest BCUT2D eigenvalue weighted by Crippen LogP contribution is -2.13. The van der Waals surface area contributed by atoms with Gasteiger partial charge in [0, 0.05) is 11.3 Å². The van der Waals surface area contributed by atoms with Crippen molar-refractivity contribution in [3.8, 4) is 11.4 Å². The first kappa shape index (κ1) is 19.5. The summed E-state index contributed by atoms with van der Waals surface area (Å²) in [6, 6.07) is 7.83. The fourth-order valence-corrected chi connectivity index (χ4v) is 3.37. The molecule has 1 N–H and O–H groups in total. The van der Waals surface area contributed by atoms with Crippen LogP contribution in [-0.4, -0.2) is 35.8 Å². The summed E-state index contributed by atoms with van der Waals surface area (Å²) in [7, 11) is 0. The van der Waals surface area contributed by atoms with E-state index in [9.17, 15) is 18.3 Å². The van der Waals surface area contributed by atoms with Crippen LogP contribution in [0.2, 0.25) is 5.02 Å². The Kier molecular flexibility index (Phi) is 4.66. The zero-order valence-electron chi connectivity index (χ0n) is 15.4. The number of rotatable bonds is 3. The van der Waals surface area contributed by atoms with Crippen LogP contribution < -0.4 is 0 Å². The molecule has 1 aromatic carbocycles. The van der Waals surface area contributed by atoms with Crippen LogP contribution in [-0.2, 0) is 0 Å². The Morgan fingerprint density at radius 1 is 1.07 bits per heavy atom. The molecule has 0 fully saturated rings. The molecule has 10 heteroatoms. The minimum Gasteiger partial charge on any atom is -0.388 e. The highest BCUT2D eigenvalue weighted by Crippen LogP contribution is 2.35. The monoisotopic (exact) mass is 421 g/mol. The Morgan fingerprint density at radius 3 is 2.55 bits per heavy atom. The molecule has 4 aromatic rings. The van der Waals surface area contributed by atoms with Crippen LogP contribution in [0.1, 0.15) is 29.5 Å². The van der Waals surface area contributed by atoms with Gasteiger partial charge in [-0.3, -0.25) is 4.40 Å². The Morgan fingerprint density at radius 2 is 1.83 bits per heavy atom. The maximum absolute atomic E-state index is 12.7. The minimum absolute atomic E-state index is 0.0812. The third-order valence-corrected chi connectivity index (χ3v) is 4.85. The molecule has 0 saturated carbocycles. The Bertz CT molecular complexity index is 1240. The van der Waals surface area contributed by atoms with Crippen molar-refractivity contribution >= 4 is 28.4 Å². The third kappa shape index (κ3) is 3.63. The van der Waals surface area contributed by atoms with E-state index in [1.807, 2.05) is 19.1 Å². The number of nitrogens with zero attached hydrogens (tertiary/aromatic N) is 5. The molecular weight excluding hydrogens is 407 g/mol. The number of halogens is 4. The topological polar surface area (TPSA) is 76.2 Å². The smallest absolute Gasteiger partial charge is 0.388 e. The highest BCUT2D eigenvalue weighted by molar-refractivity contribution is 6.33. The lowest BCUT2D eigenvalue weighted by Gasteiger charge is -2.15. The van der Waals surface area contributed by atoms with E-state index in [1.54, 1.807) is 11.3 Å². The first-order valence-corrected chi connectivity index (χ1v) is 9.05. The maximum Gasteiger partial charge on any atom is 0.391 e. The van der Waals surface area contributed by atoms with Gasteiger partial charge in [0.25, 0.3) is 0 Å². The highest BCUT2D eigenvalue weighted by Gasteiger charge is 2.32. The van der Waals surface area contributed by atoms with E-state index in [0.29, 0.717) is 33.9 Å². The van der Waals surface area contributed by atoms with Crippen molar-refractivity contribution in [3.63, 3.8) is 0 Å². The number of benzene rings is 1. The van der Waals surface area contributed by atoms with Gasteiger partial charge in [-0.15, -0.1) is 10.2 Å². The van der Waals surface area contributed by atoms with Crippen LogP contribution in [0, 0.1) is 13.8 Å². The van der Waals surface area contributed by atoms with E-state index in [1.165, 1.54) is 18.2 Å². The van der Waals surface area contributed by atoms with E-state index in [2.05, 4.69) is 20.2 Å². The number of alkyl halides is 3. The molecule has 0 aliphatic rings. The van der Waals surface area contributed by atoms with Crippen molar-refractivity contribution in [2.45, 2.75) is 32.5 Å². The fourth-order valence-electron chi connectivity index (χ4n) is 3.17. The fraction of sp³-hybridized carbons (Fsp3) is 0.263. The molecule has 29 heavy (non-hydrogen) atoms. The van der Waals surface area contributed by atoms with E-state index < -0.39 is 18.7 Å². The van der Waals surface area contributed by atoms with Crippen molar-refractivity contribution in [2.75, 3.05) is 0 Å². The van der Waals surface area contributed by atoms with E-state index in [0.717, 1.165) is 5.69 Å². The number of aliphatic hydroxyl groups is 1. The first-order valence-electron chi connectivity index (χ1n) is 8.68. The summed E-state index contributed by atoms with van der Waals surface area (Å²) in [6.07, 6.45) is -7.58. The summed E-state index contributed by atoms with van der Waals surface area (Å²) < 4.78 is 39.7. The molecule has 3 heterocycles. The van der Waals surface area contributed by atoms with Gasteiger partial charge in [0.1, 0.15) is 5.52 Å². The van der Waals surface area contributed by atoms with Gasteiger partial charge in [0.2, 0.25) is 0 Å². The molecule has 0 aliphatic carbocycles. The van der Waals surface area contributed by atoms with Crippen LogP contribution in [0.4, 0.5) is 13.2 Å². The normalized spacial score (nSPS) is 13.3. The molecule has 1 atom stereocenters. The Balaban J connectivity index is 1.94. The van der Waals surface area contributed by atoms with Crippen molar-refractivity contribution < 1.29 is 18.3 Å². The van der Waals surface area contributed by atoms with Crippen LogP contribution in [0.5, 0.6) is 0 Å². The summed E-state index contributed by atoms with van der Waals surface area (Å²) >= 11 is 6.33. The number of aryl methyl sites for hydroxylation is 2. The van der Waals surface area contributed by atoms with Gasteiger partial charge >= 0.3 is 6.18 Å². The predicted octanol–water partition coefficient (Wildman–Crippen LogP) is 4.60. The quantitative estimate of drug-likeness (QED) is 0.523. The first-order chi connectivity index (χ1) is 13.6. The van der Waals surface area contributed by atoms with E-state index >= 15 is 0 Å². The van der Waals surface area contributed by atoms with Crippen LogP contribution in [0.25, 0.3) is 28.2 Å². The molecule has 0 radical (unpaired) electrons. The van der Waals surface area contributed by atoms with Gasteiger partial charge in [-0.05, 0) is 43.7 Å². The third-order valence-electron chi connectivity index (χ3n) is 4.52. The number of hydrogen-bond acceptors (Lipinski definition) is 5. The van der Waals surface area contributed by atoms with Crippen molar-refractivity contribution in [1.82, 2.24) is 24.6 Å². The van der Waals surface area contributed by atoms with Crippen LogP contribution >= 0.6 is 11.6 Å². The molecule has 150 valence electrons. The molecule has 0 aliphatic heterocycles. The summed E-state index contributed by atoms with van der Waals surface area (Å²) in [4.78, 5) is 8.99. The summed E-state index contributed by atoms with van der Waals surface area (Å²) in [5.74, 6) is 0.305. The molecule has 6 nitrogen and oxygen atoms in total. The number of pyridine rings is 1. The average Bonchev–Trinajstić information content (AvgIpc) is 3.07. The number of fused-ring (bicyclic) bond motifs is 3. The SMILES string of the molecule is Cc1ccc2nc(C)c3nnc(-c4cc(C(O)CC(F)(F)F)ccc4Cl)n3c2n1. The molecular formula is C19H15ClF3N5O. The molecule has 0 saturated heterocycles. The Hall–Kier alpha value is -2.78. The Labute approximate surface area is 168 Å². The van der Waals surface area contributed by atoms with Crippen molar-refractivity contribution in [3.05, 3.63) is 52.3 Å². The largest absolute Gasteiger partial charge is 0.391 e. The second-order valence-corrected chi connectivity index (χ2v) is 7.16. The van der Waals surface area contributed by atoms with Crippen LogP contribution in [0.3, 0.4) is 0 Å². The van der Waals surface area contributed by atoms with E-state index in [4.69, 9.17) is 11.6 Å². The molecule has 4 rings (SSSR count). The summed E-state index contributed by atoms with van der Waals surface area (Å²) in [5.41, 5.74) is 3.37. The molecule has 0 spiro atoms. The number of aromatic nitrogens is 5. The number of aliphatic hydroxyl groups excluding tert-OH is 1. The van der Waals surface area contributed by atoms with Crippen LogP contribution in [0.15, 0.2) is 30.3 Å². The van der Waals surface area contributed by atoms with Gasteiger partial charge in [-0.25, -0.2) is 9.97 Å². The zero-order chi connectivity index (χ0) is 20.9. The van der Waals surface area contributed by atoms with Crippen molar-refractivity contribution in [2.24, 2.45) is 0 Å². The highest BCUT2D eigenvalue weighted by atomic mass is 35.5.